The third-order valence-corrected chi connectivity index (χ3v) is 5.94. The summed E-state index contributed by atoms with van der Waals surface area (Å²) < 4.78 is 24.6. The lowest BCUT2D eigenvalue weighted by atomic mass is 10.2. The number of piperazine rings is 1. The molecule has 0 N–H and O–H groups in total. The third kappa shape index (κ3) is 5.35. The maximum Gasteiger partial charge on any atom is 0.259 e. The molecule has 0 aliphatic carbocycles. The van der Waals surface area contributed by atoms with Gasteiger partial charge in [-0.2, -0.15) is 4.98 Å². The van der Waals surface area contributed by atoms with Crippen molar-refractivity contribution >= 4 is 17.4 Å². The van der Waals surface area contributed by atoms with E-state index in [1.807, 2.05) is 36.4 Å². The van der Waals surface area contributed by atoms with Gasteiger partial charge in [-0.25, -0.2) is 9.37 Å². The zero-order valence-corrected chi connectivity index (χ0v) is 19.2. The molecule has 0 bridgehead atoms. The van der Waals surface area contributed by atoms with Crippen molar-refractivity contribution in [2.75, 3.05) is 44.2 Å². The van der Waals surface area contributed by atoms with E-state index >= 15 is 0 Å². The highest BCUT2D eigenvalue weighted by molar-refractivity contribution is 6.30. The molecular weight excluding hydrogens is 457 g/mol. The summed E-state index contributed by atoms with van der Waals surface area (Å²) in [5.41, 5.74) is 1.29. The van der Waals surface area contributed by atoms with Crippen LogP contribution in [0.2, 0.25) is 5.02 Å². The minimum absolute atomic E-state index is 0.342. The maximum absolute atomic E-state index is 13.5. The van der Waals surface area contributed by atoms with E-state index in [9.17, 15) is 4.39 Å². The lowest BCUT2D eigenvalue weighted by molar-refractivity contribution is 0.200. The van der Waals surface area contributed by atoms with Crippen LogP contribution in [0.25, 0.3) is 22.8 Å². The van der Waals surface area contributed by atoms with Crippen LogP contribution in [-0.2, 0) is 0 Å². The number of pyridine rings is 1. The van der Waals surface area contributed by atoms with Gasteiger partial charge in [0, 0.05) is 49.5 Å². The van der Waals surface area contributed by atoms with Gasteiger partial charge in [0.1, 0.15) is 24.0 Å². The Balaban J connectivity index is 1.13. The van der Waals surface area contributed by atoms with E-state index in [1.54, 1.807) is 18.3 Å². The van der Waals surface area contributed by atoms with Crippen molar-refractivity contribution in [3.05, 3.63) is 77.7 Å². The average Bonchev–Trinajstić information content (AvgIpc) is 3.36. The fourth-order valence-electron chi connectivity index (χ4n) is 3.81. The number of aromatic nitrogens is 3. The van der Waals surface area contributed by atoms with Crippen molar-refractivity contribution in [1.82, 2.24) is 20.0 Å². The molecule has 4 aromatic rings. The van der Waals surface area contributed by atoms with Crippen LogP contribution < -0.4 is 9.64 Å². The molecule has 0 saturated carbocycles. The highest BCUT2D eigenvalue weighted by atomic mass is 35.5. The summed E-state index contributed by atoms with van der Waals surface area (Å²) in [7, 11) is 0. The smallest absolute Gasteiger partial charge is 0.259 e. The van der Waals surface area contributed by atoms with Gasteiger partial charge in [-0.05, 0) is 48.5 Å². The molecule has 0 unspecified atom stereocenters. The Labute approximate surface area is 201 Å². The zero-order valence-electron chi connectivity index (χ0n) is 18.4. The third-order valence-electron chi connectivity index (χ3n) is 5.69. The van der Waals surface area contributed by atoms with E-state index in [0.717, 1.165) is 49.9 Å². The normalized spacial score (nSPS) is 14.4. The van der Waals surface area contributed by atoms with E-state index in [1.165, 1.54) is 12.1 Å². The van der Waals surface area contributed by atoms with E-state index in [-0.39, 0.29) is 5.82 Å². The molecule has 1 aliphatic heterocycles. The monoisotopic (exact) mass is 479 g/mol. The summed E-state index contributed by atoms with van der Waals surface area (Å²) in [4.78, 5) is 13.6. The van der Waals surface area contributed by atoms with Gasteiger partial charge in [-0.3, -0.25) is 4.90 Å². The molecule has 1 saturated heterocycles. The van der Waals surface area contributed by atoms with Gasteiger partial charge < -0.3 is 14.2 Å². The highest BCUT2D eigenvalue weighted by Crippen LogP contribution is 2.24. The van der Waals surface area contributed by atoms with Crippen molar-refractivity contribution in [1.29, 1.82) is 0 Å². The van der Waals surface area contributed by atoms with Gasteiger partial charge in [0.15, 0.2) is 0 Å². The Kier molecular flexibility index (Phi) is 6.69. The van der Waals surface area contributed by atoms with Crippen LogP contribution in [0.15, 0.2) is 71.4 Å². The van der Waals surface area contributed by atoms with E-state index in [4.69, 9.17) is 20.9 Å². The summed E-state index contributed by atoms with van der Waals surface area (Å²) in [5, 5.41) is 4.66. The molecule has 9 heteroatoms. The molecule has 0 amide bonds. The number of halogens is 2. The average molecular weight is 480 g/mol. The maximum atomic E-state index is 13.5. The predicted octanol–water partition coefficient (Wildman–Crippen LogP) is 4.79. The molecule has 5 rings (SSSR count). The number of anilines is 1. The van der Waals surface area contributed by atoms with E-state index < -0.39 is 0 Å². The molecule has 1 aliphatic rings. The molecule has 2 aromatic heterocycles. The zero-order chi connectivity index (χ0) is 23.3. The molecule has 0 atom stereocenters. The van der Waals surface area contributed by atoms with E-state index in [2.05, 4.69) is 24.9 Å². The Bertz CT molecular complexity index is 1220. The van der Waals surface area contributed by atoms with Gasteiger partial charge >= 0.3 is 0 Å². The van der Waals surface area contributed by atoms with Gasteiger partial charge in [-0.1, -0.05) is 28.9 Å². The SMILES string of the molecule is Fc1cccc(-c2noc(-c3ccc(N4CCN(CCOc5ccc(Cl)cc5)CC4)nc3)n2)c1. The largest absolute Gasteiger partial charge is 0.492 e. The first kappa shape index (κ1) is 22.3. The Morgan fingerprint density at radius 1 is 0.971 bits per heavy atom. The second-order valence-corrected chi connectivity index (χ2v) is 8.41. The number of hydrogen-bond acceptors (Lipinski definition) is 7. The number of hydrogen-bond donors (Lipinski definition) is 0. The molecule has 0 spiro atoms. The first-order valence-electron chi connectivity index (χ1n) is 11.1. The molecular formula is C25H23ClFN5O2. The van der Waals surface area contributed by atoms with Crippen LogP contribution in [-0.4, -0.2) is 59.4 Å². The second-order valence-electron chi connectivity index (χ2n) is 7.97. The highest BCUT2D eigenvalue weighted by Gasteiger charge is 2.19. The standard InChI is InChI=1S/C25H23ClFN5O2/c26-20-5-7-22(8-6-20)33-15-14-31-10-12-32(13-11-31)23-9-4-19(17-28-23)25-29-24(30-34-25)18-2-1-3-21(27)16-18/h1-9,16-17H,10-15H2. The molecule has 1 fully saturated rings. The summed E-state index contributed by atoms with van der Waals surface area (Å²) in [6, 6.07) is 17.4. The Morgan fingerprint density at radius 3 is 2.53 bits per heavy atom. The van der Waals surface area contributed by atoms with Gasteiger partial charge in [0.25, 0.3) is 5.89 Å². The van der Waals surface area contributed by atoms with Crippen LogP contribution in [0, 0.1) is 5.82 Å². The molecule has 174 valence electrons. The molecule has 7 nitrogen and oxygen atoms in total. The van der Waals surface area contributed by atoms with Gasteiger partial charge in [0.2, 0.25) is 5.82 Å². The fourth-order valence-corrected chi connectivity index (χ4v) is 3.94. The molecule has 2 aromatic carbocycles. The number of rotatable bonds is 7. The van der Waals surface area contributed by atoms with Gasteiger partial charge in [0.05, 0.1) is 5.56 Å². The summed E-state index contributed by atoms with van der Waals surface area (Å²) in [6.07, 6.45) is 1.73. The van der Waals surface area contributed by atoms with Crippen LogP contribution in [0.3, 0.4) is 0 Å². The number of benzene rings is 2. The summed E-state index contributed by atoms with van der Waals surface area (Å²) in [6.45, 7) is 5.15. The van der Waals surface area contributed by atoms with Crippen molar-refractivity contribution in [2.45, 2.75) is 0 Å². The number of ether oxygens (including phenoxy) is 1. The quantitative estimate of drug-likeness (QED) is 0.377. The minimum Gasteiger partial charge on any atom is -0.492 e. The van der Waals surface area contributed by atoms with Crippen LogP contribution >= 0.6 is 11.6 Å². The lowest BCUT2D eigenvalue weighted by Crippen LogP contribution is -2.47. The summed E-state index contributed by atoms with van der Waals surface area (Å²) in [5.74, 6) is 2.09. The first-order valence-corrected chi connectivity index (χ1v) is 11.4. The van der Waals surface area contributed by atoms with Crippen molar-refractivity contribution in [2.24, 2.45) is 0 Å². The second kappa shape index (κ2) is 10.2. The molecule has 0 radical (unpaired) electrons. The van der Waals surface area contributed by atoms with Crippen molar-refractivity contribution < 1.29 is 13.7 Å². The first-order chi connectivity index (χ1) is 16.6. The summed E-state index contributed by atoms with van der Waals surface area (Å²) >= 11 is 5.90. The van der Waals surface area contributed by atoms with Crippen LogP contribution in [0.4, 0.5) is 10.2 Å². The van der Waals surface area contributed by atoms with Gasteiger partial charge in [-0.15, -0.1) is 0 Å². The fraction of sp³-hybridized carbons (Fsp3) is 0.240. The predicted molar refractivity (Wildman–Crippen MR) is 129 cm³/mol. The Hall–Kier alpha value is -3.49. The lowest BCUT2D eigenvalue weighted by Gasteiger charge is -2.35. The minimum atomic E-state index is -0.343. The number of nitrogens with zero attached hydrogens (tertiary/aromatic N) is 5. The van der Waals surface area contributed by atoms with Crippen molar-refractivity contribution in [3.63, 3.8) is 0 Å². The molecule has 3 heterocycles. The Morgan fingerprint density at radius 2 is 1.79 bits per heavy atom. The topological polar surface area (TPSA) is 67.5 Å². The van der Waals surface area contributed by atoms with Crippen LogP contribution in [0.1, 0.15) is 0 Å². The van der Waals surface area contributed by atoms with Crippen LogP contribution in [0.5, 0.6) is 5.75 Å². The molecule has 34 heavy (non-hydrogen) atoms. The van der Waals surface area contributed by atoms with Crippen molar-refractivity contribution in [3.8, 4) is 28.6 Å². The van der Waals surface area contributed by atoms with E-state index in [0.29, 0.717) is 28.9 Å².